The molecule has 1 atom stereocenters. The van der Waals surface area contributed by atoms with Crippen LogP contribution in [0.3, 0.4) is 0 Å². The first kappa shape index (κ1) is 20.8. The Hall–Kier alpha value is -3.41. The molecule has 0 bridgehead atoms. The first-order valence-electron chi connectivity index (χ1n) is 10.7. The summed E-state index contributed by atoms with van der Waals surface area (Å²) >= 11 is 0. The molecule has 0 amide bonds. The number of nitrogens with zero attached hydrogens (tertiary/aromatic N) is 2. The van der Waals surface area contributed by atoms with Gasteiger partial charge < -0.3 is 15.4 Å². The fourth-order valence-corrected chi connectivity index (χ4v) is 3.80. The maximum absolute atomic E-state index is 12.8. The van der Waals surface area contributed by atoms with Crippen LogP contribution in [0.2, 0.25) is 0 Å². The van der Waals surface area contributed by atoms with Crippen LogP contribution in [0, 0.1) is 19.8 Å². The molecule has 6 nitrogen and oxygen atoms in total. The van der Waals surface area contributed by atoms with Crippen LogP contribution in [-0.2, 0) is 6.42 Å². The van der Waals surface area contributed by atoms with E-state index in [4.69, 9.17) is 9.72 Å². The highest BCUT2D eigenvalue weighted by Gasteiger charge is 2.28. The van der Waals surface area contributed by atoms with Crippen LogP contribution in [0.4, 0.5) is 23.1 Å². The largest absolute Gasteiger partial charge is 0.494 e. The third-order valence-electron chi connectivity index (χ3n) is 5.53. The molecule has 2 N–H and O–H groups in total. The number of aromatic nitrogens is 2. The minimum atomic E-state index is 0.0833. The molecule has 4 rings (SSSR count). The second-order valence-corrected chi connectivity index (χ2v) is 8.16. The van der Waals surface area contributed by atoms with E-state index in [9.17, 15) is 4.79 Å². The standard InChI is InChI=1S/C25H28N4O2/c1-5-31-20-10-8-18(9-11-20)26-24-23-21(12-15(2)13-22(23)30)28-25(29-24)27-19-7-6-16(3)17(4)14-19/h6-11,14-15H,5,12-13H2,1-4H3,(H2,26,27,28,29). The van der Waals surface area contributed by atoms with Gasteiger partial charge in [0.15, 0.2) is 5.78 Å². The number of rotatable bonds is 6. The predicted molar refractivity (Wildman–Crippen MR) is 124 cm³/mol. The Labute approximate surface area is 183 Å². The molecule has 1 heterocycles. The van der Waals surface area contributed by atoms with Gasteiger partial charge in [0.25, 0.3) is 0 Å². The normalized spacial score (nSPS) is 15.4. The number of anilines is 4. The number of ketones is 1. The average molecular weight is 417 g/mol. The number of nitrogens with one attached hydrogen (secondary N) is 2. The molecule has 160 valence electrons. The maximum Gasteiger partial charge on any atom is 0.229 e. The molecule has 1 aliphatic carbocycles. The van der Waals surface area contributed by atoms with Crippen molar-refractivity contribution in [2.45, 2.75) is 40.5 Å². The van der Waals surface area contributed by atoms with Gasteiger partial charge in [-0.15, -0.1) is 0 Å². The molecule has 3 aromatic rings. The highest BCUT2D eigenvalue weighted by molar-refractivity contribution is 6.03. The van der Waals surface area contributed by atoms with Crippen molar-refractivity contribution in [1.82, 2.24) is 9.97 Å². The van der Waals surface area contributed by atoms with E-state index in [1.54, 1.807) is 0 Å². The summed E-state index contributed by atoms with van der Waals surface area (Å²) in [6.45, 7) is 8.81. The second kappa shape index (κ2) is 8.76. The summed E-state index contributed by atoms with van der Waals surface area (Å²) in [5.41, 5.74) is 5.57. The summed E-state index contributed by atoms with van der Waals surface area (Å²) < 4.78 is 5.52. The van der Waals surface area contributed by atoms with Gasteiger partial charge in [-0.25, -0.2) is 4.98 Å². The number of benzene rings is 2. The monoisotopic (exact) mass is 416 g/mol. The van der Waals surface area contributed by atoms with Crippen molar-refractivity contribution in [3.63, 3.8) is 0 Å². The summed E-state index contributed by atoms with van der Waals surface area (Å²) in [5, 5.41) is 6.64. The highest BCUT2D eigenvalue weighted by atomic mass is 16.5. The van der Waals surface area contributed by atoms with Crippen molar-refractivity contribution < 1.29 is 9.53 Å². The van der Waals surface area contributed by atoms with E-state index in [-0.39, 0.29) is 11.7 Å². The number of hydrogen-bond acceptors (Lipinski definition) is 6. The number of aryl methyl sites for hydroxylation is 2. The van der Waals surface area contributed by atoms with Crippen molar-refractivity contribution in [2.75, 3.05) is 17.2 Å². The Morgan fingerprint density at radius 3 is 2.42 bits per heavy atom. The topological polar surface area (TPSA) is 76.1 Å². The Kier molecular flexibility index (Phi) is 5.89. The summed E-state index contributed by atoms with van der Waals surface area (Å²) in [5.74, 6) is 2.18. The molecule has 0 aliphatic heterocycles. The van der Waals surface area contributed by atoms with Gasteiger partial charge in [-0.05, 0) is 80.6 Å². The number of hydrogen-bond donors (Lipinski definition) is 2. The number of fused-ring (bicyclic) bond motifs is 1. The van der Waals surface area contributed by atoms with Gasteiger partial charge in [0.2, 0.25) is 5.95 Å². The molecule has 2 aromatic carbocycles. The van der Waals surface area contributed by atoms with Gasteiger partial charge in [0.05, 0.1) is 17.9 Å². The molecule has 1 aliphatic rings. The van der Waals surface area contributed by atoms with Crippen molar-refractivity contribution >= 4 is 28.9 Å². The molecule has 0 saturated heterocycles. The van der Waals surface area contributed by atoms with Crippen LogP contribution < -0.4 is 15.4 Å². The summed E-state index contributed by atoms with van der Waals surface area (Å²) in [4.78, 5) is 22.2. The van der Waals surface area contributed by atoms with E-state index in [2.05, 4.69) is 48.5 Å². The van der Waals surface area contributed by atoms with Crippen molar-refractivity contribution in [2.24, 2.45) is 5.92 Å². The fraction of sp³-hybridized carbons (Fsp3) is 0.320. The lowest BCUT2D eigenvalue weighted by Gasteiger charge is -2.23. The number of Topliss-reactive ketones (excluding diaryl/α,β-unsaturated/α-hetero) is 1. The van der Waals surface area contributed by atoms with Gasteiger partial charge in [0.1, 0.15) is 11.6 Å². The maximum atomic E-state index is 12.8. The first-order valence-corrected chi connectivity index (χ1v) is 10.7. The number of carbonyl (C=O) groups is 1. The molecule has 0 fully saturated rings. The zero-order valence-electron chi connectivity index (χ0n) is 18.5. The summed E-state index contributed by atoms with van der Waals surface area (Å²) in [6, 6.07) is 13.8. The quantitative estimate of drug-likeness (QED) is 0.533. The summed E-state index contributed by atoms with van der Waals surface area (Å²) in [6.07, 6.45) is 1.27. The zero-order chi connectivity index (χ0) is 22.0. The Morgan fingerprint density at radius 1 is 0.968 bits per heavy atom. The van der Waals surface area contributed by atoms with Crippen LogP contribution in [-0.4, -0.2) is 22.4 Å². The molecule has 1 aromatic heterocycles. The molecule has 1 unspecified atom stereocenters. The lowest BCUT2D eigenvalue weighted by molar-refractivity contribution is 0.0952. The van der Waals surface area contributed by atoms with E-state index in [0.29, 0.717) is 30.4 Å². The molecule has 0 radical (unpaired) electrons. The van der Waals surface area contributed by atoms with Gasteiger partial charge in [-0.3, -0.25) is 4.79 Å². The highest BCUT2D eigenvalue weighted by Crippen LogP contribution is 2.32. The van der Waals surface area contributed by atoms with Gasteiger partial charge in [0, 0.05) is 17.8 Å². The lowest BCUT2D eigenvalue weighted by Crippen LogP contribution is -2.22. The van der Waals surface area contributed by atoms with Crippen molar-refractivity contribution in [3.8, 4) is 5.75 Å². The van der Waals surface area contributed by atoms with Crippen LogP contribution in [0.5, 0.6) is 5.75 Å². The van der Waals surface area contributed by atoms with Crippen LogP contribution in [0.15, 0.2) is 42.5 Å². The molecule has 0 spiro atoms. The minimum absolute atomic E-state index is 0.0833. The van der Waals surface area contributed by atoms with E-state index in [0.717, 1.165) is 29.2 Å². The Bertz CT molecular complexity index is 1110. The third-order valence-corrected chi connectivity index (χ3v) is 5.53. The van der Waals surface area contributed by atoms with Gasteiger partial charge in [-0.1, -0.05) is 13.0 Å². The summed E-state index contributed by atoms with van der Waals surface area (Å²) in [7, 11) is 0. The third kappa shape index (κ3) is 4.68. The Balaban J connectivity index is 1.69. The molecule has 31 heavy (non-hydrogen) atoms. The van der Waals surface area contributed by atoms with Gasteiger partial charge in [-0.2, -0.15) is 4.98 Å². The van der Waals surface area contributed by atoms with E-state index >= 15 is 0 Å². The molecular weight excluding hydrogens is 388 g/mol. The van der Waals surface area contributed by atoms with Crippen LogP contribution in [0.25, 0.3) is 0 Å². The lowest BCUT2D eigenvalue weighted by atomic mass is 9.87. The van der Waals surface area contributed by atoms with E-state index in [1.165, 1.54) is 11.1 Å². The zero-order valence-corrected chi connectivity index (χ0v) is 18.5. The number of carbonyl (C=O) groups excluding carboxylic acids is 1. The van der Waals surface area contributed by atoms with Gasteiger partial charge >= 0.3 is 0 Å². The minimum Gasteiger partial charge on any atom is -0.494 e. The van der Waals surface area contributed by atoms with Crippen molar-refractivity contribution in [1.29, 1.82) is 0 Å². The average Bonchev–Trinajstić information content (AvgIpc) is 2.72. The van der Waals surface area contributed by atoms with E-state index in [1.807, 2.05) is 37.3 Å². The molecule has 6 heteroatoms. The number of ether oxygens (including phenoxy) is 1. The first-order chi connectivity index (χ1) is 14.9. The fourth-order valence-electron chi connectivity index (χ4n) is 3.80. The van der Waals surface area contributed by atoms with Crippen LogP contribution >= 0.6 is 0 Å². The molecular formula is C25H28N4O2. The molecule has 0 saturated carbocycles. The Morgan fingerprint density at radius 2 is 1.71 bits per heavy atom. The second-order valence-electron chi connectivity index (χ2n) is 8.16. The van der Waals surface area contributed by atoms with Crippen molar-refractivity contribution in [3.05, 3.63) is 64.8 Å². The predicted octanol–water partition coefficient (Wildman–Crippen LogP) is 5.74. The smallest absolute Gasteiger partial charge is 0.229 e. The SMILES string of the molecule is CCOc1ccc(Nc2nc(Nc3ccc(C)c(C)c3)nc3c2C(=O)CC(C)C3)cc1. The van der Waals surface area contributed by atoms with E-state index < -0.39 is 0 Å². The van der Waals surface area contributed by atoms with Crippen LogP contribution in [0.1, 0.15) is 47.4 Å².